The Hall–Kier alpha value is -3.35. The predicted octanol–water partition coefficient (Wildman–Crippen LogP) is 3.08. The van der Waals surface area contributed by atoms with Crippen molar-refractivity contribution in [3.05, 3.63) is 65.2 Å². The Bertz CT molecular complexity index is 951. The number of anilines is 1. The van der Waals surface area contributed by atoms with Gasteiger partial charge in [-0.25, -0.2) is 0 Å². The lowest BCUT2D eigenvalue weighted by Crippen LogP contribution is -2.37. The molecule has 7 heteroatoms. The van der Waals surface area contributed by atoms with E-state index in [1.807, 2.05) is 42.5 Å². The monoisotopic (exact) mass is 435 g/mol. The third-order valence-corrected chi connectivity index (χ3v) is 5.73. The molecule has 3 rings (SSSR count). The first kappa shape index (κ1) is 23.3. The lowest BCUT2D eigenvalue weighted by atomic mass is 10.1. The summed E-state index contributed by atoms with van der Waals surface area (Å²) >= 11 is 0. The van der Waals surface area contributed by atoms with Crippen LogP contribution in [0.3, 0.4) is 0 Å². The zero-order chi connectivity index (χ0) is 22.8. The summed E-state index contributed by atoms with van der Waals surface area (Å²) in [5, 5.41) is 12.3. The molecule has 0 bridgehead atoms. The van der Waals surface area contributed by atoms with Gasteiger partial charge in [0, 0.05) is 44.4 Å². The molecule has 1 aliphatic rings. The average molecular weight is 436 g/mol. The summed E-state index contributed by atoms with van der Waals surface area (Å²) < 4.78 is 0. The second-order valence-electron chi connectivity index (χ2n) is 8.05. The third kappa shape index (κ3) is 6.83. The van der Waals surface area contributed by atoms with Gasteiger partial charge in [0.2, 0.25) is 5.91 Å². The standard InChI is InChI=1S/C25H33N5O2/c1-26-23(31)21-11-5-7-18(15-21)13-14-28-25(27-2)29-17-19-8-6-12-22(16-19)30-24(32)20-9-3-4-10-20/h5-8,11-12,15-16,20H,3-4,9-10,13-14,17H2,1-2H3,(H,26,31)(H,30,32)(H2,27,28,29). The molecular weight excluding hydrogens is 402 g/mol. The van der Waals surface area contributed by atoms with Crippen molar-refractivity contribution in [3.8, 4) is 0 Å². The minimum absolute atomic E-state index is 0.0843. The van der Waals surface area contributed by atoms with Gasteiger partial charge in [0.25, 0.3) is 5.91 Å². The molecule has 0 unspecified atom stereocenters. The quantitative estimate of drug-likeness (QED) is 0.379. The molecule has 1 saturated carbocycles. The van der Waals surface area contributed by atoms with Crippen LogP contribution in [-0.2, 0) is 17.8 Å². The van der Waals surface area contributed by atoms with E-state index in [1.165, 1.54) is 0 Å². The van der Waals surface area contributed by atoms with Gasteiger partial charge in [-0.3, -0.25) is 14.6 Å². The maximum Gasteiger partial charge on any atom is 0.251 e. The molecular formula is C25H33N5O2. The van der Waals surface area contributed by atoms with Crippen LogP contribution in [0, 0.1) is 5.92 Å². The predicted molar refractivity (Wildman–Crippen MR) is 129 cm³/mol. The van der Waals surface area contributed by atoms with Crippen LogP contribution in [0.5, 0.6) is 0 Å². The van der Waals surface area contributed by atoms with Crippen molar-refractivity contribution in [1.82, 2.24) is 16.0 Å². The summed E-state index contributed by atoms with van der Waals surface area (Å²) in [6, 6.07) is 15.5. The molecule has 0 heterocycles. The smallest absolute Gasteiger partial charge is 0.251 e. The highest BCUT2D eigenvalue weighted by molar-refractivity contribution is 5.94. The average Bonchev–Trinajstić information content (AvgIpc) is 3.36. The molecule has 4 N–H and O–H groups in total. The van der Waals surface area contributed by atoms with Crippen LogP contribution in [-0.4, -0.2) is 38.4 Å². The molecule has 0 atom stereocenters. The fourth-order valence-corrected chi connectivity index (χ4v) is 3.94. The number of hydrogen-bond acceptors (Lipinski definition) is 3. The molecule has 2 amide bonds. The first-order valence-corrected chi connectivity index (χ1v) is 11.2. The highest BCUT2D eigenvalue weighted by atomic mass is 16.2. The fraction of sp³-hybridized carbons (Fsp3) is 0.400. The van der Waals surface area contributed by atoms with Crippen molar-refractivity contribution >= 4 is 23.5 Å². The molecule has 0 spiro atoms. The minimum atomic E-state index is -0.0843. The molecule has 170 valence electrons. The number of carbonyl (C=O) groups excluding carboxylic acids is 2. The molecule has 0 aliphatic heterocycles. The van der Waals surface area contributed by atoms with E-state index in [1.54, 1.807) is 20.2 Å². The van der Waals surface area contributed by atoms with Gasteiger partial charge in [-0.15, -0.1) is 0 Å². The van der Waals surface area contributed by atoms with Crippen molar-refractivity contribution in [2.45, 2.75) is 38.6 Å². The van der Waals surface area contributed by atoms with Crippen LogP contribution < -0.4 is 21.3 Å². The van der Waals surface area contributed by atoms with Crippen LogP contribution in [0.1, 0.15) is 47.2 Å². The number of aliphatic imine (C=N–C) groups is 1. The van der Waals surface area contributed by atoms with Crippen molar-refractivity contribution in [1.29, 1.82) is 0 Å². The van der Waals surface area contributed by atoms with E-state index in [0.717, 1.165) is 48.9 Å². The second kappa shape index (κ2) is 11.9. The van der Waals surface area contributed by atoms with Crippen LogP contribution in [0.15, 0.2) is 53.5 Å². The minimum Gasteiger partial charge on any atom is -0.356 e. The number of nitrogens with zero attached hydrogens (tertiary/aromatic N) is 1. The van der Waals surface area contributed by atoms with E-state index < -0.39 is 0 Å². The summed E-state index contributed by atoms with van der Waals surface area (Å²) in [4.78, 5) is 28.4. The second-order valence-corrected chi connectivity index (χ2v) is 8.05. The largest absolute Gasteiger partial charge is 0.356 e. The number of guanidine groups is 1. The van der Waals surface area contributed by atoms with E-state index in [2.05, 4.69) is 26.3 Å². The van der Waals surface area contributed by atoms with Crippen LogP contribution in [0.25, 0.3) is 0 Å². The Morgan fingerprint density at radius 2 is 1.75 bits per heavy atom. The molecule has 2 aromatic carbocycles. The molecule has 7 nitrogen and oxygen atoms in total. The first-order valence-electron chi connectivity index (χ1n) is 11.2. The molecule has 2 aromatic rings. The van der Waals surface area contributed by atoms with Gasteiger partial charge in [-0.2, -0.15) is 0 Å². The highest BCUT2D eigenvalue weighted by Crippen LogP contribution is 2.26. The maximum atomic E-state index is 12.4. The van der Waals surface area contributed by atoms with Gasteiger partial charge in [-0.05, 0) is 54.7 Å². The summed E-state index contributed by atoms with van der Waals surface area (Å²) in [5.74, 6) is 0.897. The van der Waals surface area contributed by atoms with Gasteiger partial charge in [-0.1, -0.05) is 37.1 Å². The Morgan fingerprint density at radius 3 is 2.50 bits per heavy atom. The summed E-state index contributed by atoms with van der Waals surface area (Å²) in [6.45, 7) is 1.29. The van der Waals surface area contributed by atoms with Crippen molar-refractivity contribution in [2.75, 3.05) is 26.0 Å². The lowest BCUT2D eigenvalue weighted by molar-refractivity contribution is -0.119. The number of carbonyl (C=O) groups is 2. The van der Waals surface area contributed by atoms with Crippen LogP contribution in [0.2, 0.25) is 0 Å². The normalized spacial score (nSPS) is 14.1. The van der Waals surface area contributed by atoms with Crippen molar-refractivity contribution in [3.63, 3.8) is 0 Å². The summed E-state index contributed by atoms with van der Waals surface area (Å²) in [7, 11) is 3.37. The number of amides is 2. The zero-order valence-corrected chi connectivity index (χ0v) is 18.9. The maximum absolute atomic E-state index is 12.4. The topological polar surface area (TPSA) is 94.6 Å². The third-order valence-electron chi connectivity index (χ3n) is 5.73. The molecule has 0 radical (unpaired) electrons. The molecule has 1 fully saturated rings. The number of benzene rings is 2. The zero-order valence-electron chi connectivity index (χ0n) is 18.9. The molecule has 32 heavy (non-hydrogen) atoms. The summed E-state index contributed by atoms with van der Waals surface area (Å²) in [6.07, 6.45) is 5.05. The molecule has 0 saturated heterocycles. The lowest BCUT2D eigenvalue weighted by Gasteiger charge is -2.14. The van der Waals surface area contributed by atoms with Gasteiger partial charge in [0.15, 0.2) is 5.96 Å². The first-order chi connectivity index (χ1) is 15.6. The van der Waals surface area contributed by atoms with E-state index in [-0.39, 0.29) is 17.7 Å². The number of rotatable bonds is 8. The number of hydrogen-bond donors (Lipinski definition) is 4. The SMILES string of the molecule is CN=C(NCCc1cccc(C(=O)NC)c1)NCc1cccc(NC(=O)C2CCCC2)c1. The number of nitrogens with one attached hydrogen (secondary N) is 4. The van der Waals surface area contributed by atoms with E-state index in [4.69, 9.17) is 0 Å². The van der Waals surface area contributed by atoms with Gasteiger partial charge in [0.1, 0.15) is 0 Å². The molecule has 0 aromatic heterocycles. The Kier molecular flexibility index (Phi) is 8.66. The Morgan fingerprint density at radius 1 is 1.00 bits per heavy atom. The van der Waals surface area contributed by atoms with Crippen molar-refractivity contribution in [2.24, 2.45) is 10.9 Å². The van der Waals surface area contributed by atoms with E-state index in [0.29, 0.717) is 24.6 Å². The fourth-order valence-electron chi connectivity index (χ4n) is 3.94. The van der Waals surface area contributed by atoms with Crippen LogP contribution >= 0.6 is 0 Å². The van der Waals surface area contributed by atoms with Gasteiger partial charge < -0.3 is 21.3 Å². The Labute approximate surface area is 190 Å². The highest BCUT2D eigenvalue weighted by Gasteiger charge is 2.22. The summed E-state index contributed by atoms with van der Waals surface area (Å²) in [5.41, 5.74) is 3.64. The van der Waals surface area contributed by atoms with E-state index in [9.17, 15) is 9.59 Å². The molecule has 1 aliphatic carbocycles. The van der Waals surface area contributed by atoms with Crippen LogP contribution in [0.4, 0.5) is 5.69 Å². The van der Waals surface area contributed by atoms with Gasteiger partial charge in [0.05, 0.1) is 0 Å². The van der Waals surface area contributed by atoms with Gasteiger partial charge >= 0.3 is 0 Å². The van der Waals surface area contributed by atoms with Crippen molar-refractivity contribution < 1.29 is 9.59 Å². The Balaban J connectivity index is 1.46. The van der Waals surface area contributed by atoms with E-state index >= 15 is 0 Å².